The third kappa shape index (κ3) is 4.40. The van der Waals surface area contributed by atoms with E-state index in [1.165, 1.54) is 4.90 Å². The molecule has 1 aromatic carbocycles. The lowest BCUT2D eigenvalue weighted by Gasteiger charge is -2.38. The zero-order valence-electron chi connectivity index (χ0n) is 15.8. The number of ether oxygens (including phenoxy) is 2. The average Bonchev–Trinajstić information content (AvgIpc) is 2.65. The van der Waals surface area contributed by atoms with Gasteiger partial charge in [0.15, 0.2) is 13.2 Å². The van der Waals surface area contributed by atoms with Gasteiger partial charge in [0.1, 0.15) is 5.75 Å². The van der Waals surface area contributed by atoms with Crippen molar-refractivity contribution < 1.29 is 23.9 Å². The van der Waals surface area contributed by atoms with Crippen molar-refractivity contribution in [3.63, 3.8) is 0 Å². The molecule has 2 heterocycles. The Kier molecular flexibility index (Phi) is 5.98. The first-order chi connectivity index (χ1) is 13.0. The molecule has 0 radical (unpaired) electrons. The van der Waals surface area contributed by atoms with Crippen molar-refractivity contribution in [2.24, 2.45) is 0 Å². The van der Waals surface area contributed by atoms with Crippen LogP contribution in [0.1, 0.15) is 39.5 Å². The molecule has 0 aromatic heterocycles. The van der Waals surface area contributed by atoms with Crippen molar-refractivity contribution in [2.75, 3.05) is 24.7 Å². The third-order valence-electron chi connectivity index (χ3n) is 5.19. The van der Waals surface area contributed by atoms with Gasteiger partial charge in [-0.15, -0.1) is 0 Å². The van der Waals surface area contributed by atoms with E-state index in [-0.39, 0.29) is 50.1 Å². The van der Waals surface area contributed by atoms with Gasteiger partial charge in [0.2, 0.25) is 0 Å². The van der Waals surface area contributed by atoms with Crippen molar-refractivity contribution >= 4 is 23.5 Å². The Labute approximate surface area is 159 Å². The minimum Gasteiger partial charge on any atom is -0.482 e. The van der Waals surface area contributed by atoms with Crippen molar-refractivity contribution in [2.45, 2.75) is 51.6 Å². The molecule has 0 spiro atoms. The molecule has 0 aliphatic carbocycles. The molecule has 2 amide bonds. The zero-order valence-corrected chi connectivity index (χ0v) is 15.8. The number of carbonyl (C=O) groups is 3. The van der Waals surface area contributed by atoms with Gasteiger partial charge < -0.3 is 19.3 Å². The number of hydrogen-bond donors (Lipinski definition) is 0. The summed E-state index contributed by atoms with van der Waals surface area (Å²) in [6.07, 6.45) is 3.09. The van der Waals surface area contributed by atoms with Crippen LogP contribution in [0.15, 0.2) is 24.3 Å². The van der Waals surface area contributed by atoms with Crippen molar-refractivity contribution in [3.05, 3.63) is 24.3 Å². The maximum absolute atomic E-state index is 12.4. The molecule has 2 aliphatic heterocycles. The summed E-state index contributed by atoms with van der Waals surface area (Å²) < 4.78 is 10.6. The lowest BCUT2D eigenvalue weighted by atomic mass is 9.97. The van der Waals surface area contributed by atoms with E-state index in [4.69, 9.17) is 9.47 Å². The van der Waals surface area contributed by atoms with E-state index in [9.17, 15) is 14.4 Å². The van der Waals surface area contributed by atoms with Crippen LogP contribution in [0, 0.1) is 0 Å². The van der Waals surface area contributed by atoms with E-state index < -0.39 is 5.97 Å². The number of likely N-dealkylation sites (tertiary alicyclic amines) is 1. The van der Waals surface area contributed by atoms with E-state index in [1.807, 2.05) is 30.9 Å². The van der Waals surface area contributed by atoms with Crippen LogP contribution in [-0.2, 0) is 19.1 Å². The number of amides is 2. The summed E-state index contributed by atoms with van der Waals surface area (Å²) in [5.74, 6) is -0.226. The van der Waals surface area contributed by atoms with Gasteiger partial charge in [-0.2, -0.15) is 0 Å². The highest BCUT2D eigenvalue weighted by atomic mass is 16.5. The predicted octanol–water partition coefficient (Wildman–Crippen LogP) is 2.13. The monoisotopic (exact) mass is 374 g/mol. The largest absolute Gasteiger partial charge is 0.482 e. The van der Waals surface area contributed by atoms with Crippen LogP contribution in [0.2, 0.25) is 0 Å². The smallest absolute Gasteiger partial charge is 0.308 e. The average molecular weight is 374 g/mol. The van der Waals surface area contributed by atoms with Crippen molar-refractivity contribution in [1.29, 1.82) is 0 Å². The number of fused-ring (bicyclic) bond motifs is 1. The van der Waals surface area contributed by atoms with E-state index >= 15 is 0 Å². The number of nitrogens with zero attached hydrogens (tertiary/aromatic N) is 2. The maximum Gasteiger partial charge on any atom is 0.308 e. The first-order valence-corrected chi connectivity index (χ1v) is 9.46. The summed E-state index contributed by atoms with van der Waals surface area (Å²) >= 11 is 0. The van der Waals surface area contributed by atoms with Crippen LogP contribution in [0.25, 0.3) is 0 Å². The second-order valence-corrected chi connectivity index (χ2v) is 7.14. The van der Waals surface area contributed by atoms with Crippen molar-refractivity contribution in [3.8, 4) is 5.75 Å². The van der Waals surface area contributed by atoms with Crippen LogP contribution in [0.4, 0.5) is 5.69 Å². The molecule has 3 rings (SSSR count). The number of hydrogen-bond acceptors (Lipinski definition) is 5. The number of benzene rings is 1. The SMILES string of the molecule is CC1CCCC(C)N1C(=O)COC(=O)CCN1C(=O)COc2ccccc21. The standard InChI is InChI=1S/C20H26N2O5/c1-14-6-5-7-15(2)22(14)19(24)13-27-20(25)10-11-21-16-8-3-4-9-17(16)26-12-18(21)23/h3-4,8-9,14-15H,5-7,10-13H2,1-2H3. The van der Waals surface area contributed by atoms with Gasteiger partial charge in [-0.1, -0.05) is 12.1 Å². The van der Waals surface area contributed by atoms with Gasteiger partial charge >= 0.3 is 5.97 Å². The molecule has 2 unspecified atom stereocenters. The van der Waals surface area contributed by atoms with Gasteiger partial charge in [-0.05, 0) is 45.2 Å². The highest BCUT2D eigenvalue weighted by Crippen LogP contribution is 2.31. The number of rotatable bonds is 5. The Morgan fingerprint density at radius 3 is 2.63 bits per heavy atom. The van der Waals surface area contributed by atoms with Gasteiger partial charge in [-0.25, -0.2) is 0 Å². The van der Waals surface area contributed by atoms with Crippen LogP contribution in [-0.4, -0.2) is 54.5 Å². The second kappa shape index (κ2) is 8.41. The zero-order chi connectivity index (χ0) is 19.4. The van der Waals surface area contributed by atoms with Gasteiger partial charge in [0.05, 0.1) is 12.1 Å². The number of carbonyl (C=O) groups excluding carboxylic acids is 3. The molecule has 2 aliphatic rings. The molecule has 146 valence electrons. The summed E-state index contributed by atoms with van der Waals surface area (Å²) in [6, 6.07) is 7.54. The van der Waals surface area contributed by atoms with E-state index in [0.29, 0.717) is 11.4 Å². The molecule has 27 heavy (non-hydrogen) atoms. The second-order valence-electron chi connectivity index (χ2n) is 7.14. The lowest BCUT2D eigenvalue weighted by molar-refractivity contribution is -0.154. The topological polar surface area (TPSA) is 76.2 Å². The molecule has 0 N–H and O–H groups in total. The lowest BCUT2D eigenvalue weighted by Crippen LogP contribution is -2.49. The molecule has 7 heteroatoms. The van der Waals surface area contributed by atoms with E-state index in [2.05, 4.69) is 0 Å². The minimum absolute atomic E-state index is 0.0263. The molecule has 7 nitrogen and oxygen atoms in total. The first-order valence-electron chi connectivity index (χ1n) is 9.46. The number of para-hydroxylation sites is 2. The number of piperidine rings is 1. The minimum atomic E-state index is -0.488. The Hall–Kier alpha value is -2.57. The molecule has 1 saturated heterocycles. The summed E-state index contributed by atoms with van der Waals surface area (Å²) in [5, 5.41) is 0. The summed E-state index contributed by atoms with van der Waals surface area (Å²) in [5.41, 5.74) is 0.647. The molecule has 1 aromatic rings. The van der Waals surface area contributed by atoms with Gasteiger partial charge in [-0.3, -0.25) is 14.4 Å². The Morgan fingerprint density at radius 2 is 1.89 bits per heavy atom. The van der Waals surface area contributed by atoms with E-state index in [1.54, 1.807) is 12.1 Å². The fourth-order valence-corrected chi connectivity index (χ4v) is 3.80. The van der Waals surface area contributed by atoms with E-state index in [0.717, 1.165) is 19.3 Å². The van der Waals surface area contributed by atoms with Gasteiger partial charge in [0, 0.05) is 18.6 Å². The van der Waals surface area contributed by atoms with Crippen LogP contribution in [0.5, 0.6) is 5.75 Å². The van der Waals surface area contributed by atoms with Crippen LogP contribution >= 0.6 is 0 Å². The van der Waals surface area contributed by atoms with Crippen molar-refractivity contribution in [1.82, 2.24) is 4.90 Å². The van der Waals surface area contributed by atoms with Crippen LogP contribution < -0.4 is 9.64 Å². The van der Waals surface area contributed by atoms with Crippen LogP contribution in [0.3, 0.4) is 0 Å². The highest BCUT2D eigenvalue weighted by molar-refractivity contribution is 5.98. The molecular formula is C20H26N2O5. The number of anilines is 1. The Bertz CT molecular complexity index is 710. The van der Waals surface area contributed by atoms with Gasteiger partial charge in [0.25, 0.3) is 11.8 Å². The summed E-state index contributed by atoms with van der Waals surface area (Å²) in [7, 11) is 0. The normalized spacial score (nSPS) is 22.1. The summed E-state index contributed by atoms with van der Waals surface area (Å²) in [4.78, 5) is 39.9. The fraction of sp³-hybridized carbons (Fsp3) is 0.550. The predicted molar refractivity (Wildman–Crippen MR) is 99.5 cm³/mol. The Balaban J connectivity index is 1.50. The maximum atomic E-state index is 12.4. The highest BCUT2D eigenvalue weighted by Gasteiger charge is 2.30. The molecular weight excluding hydrogens is 348 g/mol. The molecule has 0 bridgehead atoms. The summed E-state index contributed by atoms with van der Waals surface area (Å²) in [6.45, 7) is 3.95. The molecule has 1 fully saturated rings. The number of esters is 1. The molecule has 2 atom stereocenters. The quantitative estimate of drug-likeness (QED) is 0.738. The third-order valence-corrected chi connectivity index (χ3v) is 5.19. The fourth-order valence-electron chi connectivity index (χ4n) is 3.80. The molecule has 0 saturated carbocycles. The Morgan fingerprint density at radius 1 is 1.19 bits per heavy atom. The first kappa shape index (κ1) is 19.2.